The van der Waals surface area contributed by atoms with Crippen LogP contribution in [0.1, 0.15) is 24.5 Å². The van der Waals surface area contributed by atoms with Gasteiger partial charge in [0.2, 0.25) is 0 Å². The molecule has 0 heterocycles. The molecule has 0 amide bonds. The van der Waals surface area contributed by atoms with Gasteiger partial charge in [-0.15, -0.1) is 0 Å². The second kappa shape index (κ2) is 4.48. The highest BCUT2D eigenvalue weighted by atomic mass is 35.5. The maximum Gasteiger partial charge on any atom is 0.0696 e. The standard InChI is InChI=1S/C10H13ClO/c1-2-3-8-4-5-10(11)9(6-8)7-12/h4-6,12H,2-3,7H2,1H3. The number of hydrogen-bond donors (Lipinski definition) is 1. The predicted octanol–water partition coefficient (Wildman–Crippen LogP) is 2.78. The van der Waals surface area contributed by atoms with Crippen LogP contribution < -0.4 is 0 Å². The minimum Gasteiger partial charge on any atom is -0.392 e. The van der Waals surface area contributed by atoms with Crippen molar-refractivity contribution in [3.05, 3.63) is 34.3 Å². The largest absolute Gasteiger partial charge is 0.392 e. The van der Waals surface area contributed by atoms with E-state index >= 15 is 0 Å². The normalized spacial score (nSPS) is 10.2. The molecule has 0 bridgehead atoms. The van der Waals surface area contributed by atoms with Crippen molar-refractivity contribution < 1.29 is 5.11 Å². The van der Waals surface area contributed by atoms with Crippen LogP contribution >= 0.6 is 11.6 Å². The fourth-order valence-electron chi connectivity index (χ4n) is 1.19. The SMILES string of the molecule is CCCc1ccc(Cl)c(CO)c1. The number of halogens is 1. The van der Waals surface area contributed by atoms with Gasteiger partial charge >= 0.3 is 0 Å². The van der Waals surface area contributed by atoms with Crippen LogP contribution in [-0.2, 0) is 13.0 Å². The van der Waals surface area contributed by atoms with E-state index in [1.807, 2.05) is 18.2 Å². The van der Waals surface area contributed by atoms with E-state index in [1.54, 1.807) is 0 Å². The molecule has 12 heavy (non-hydrogen) atoms. The van der Waals surface area contributed by atoms with Crippen molar-refractivity contribution in [2.45, 2.75) is 26.4 Å². The van der Waals surface area contributed by atoms with Crippen LogP contribution in [0.2, 0.25) is 5.02 Å². The Labute approximate surface area is 78.0 Å². The van der Waals surface area contributed by atoms with Crippen LogP contribution in [0.4, 0.5) is 0 Å². The molecule has 1 rings (SSSR count). The van der Waals surface area contributed by atoms with Crippen molar-refractivity contribution in [1.82, 2.24) is 0 Å². The van der Waals surface area contributed by atoms with E-state index in [1.165, 1.54) is 5.56 Å². The second-order valence-electron chi connectivity index (χ2n) is 2.83. The molecule has 1 aromatic rings. The van der Waals surface area contributed by atoms with E-state index in [2.05, 4.69) is 6.92 Å². The zero-order chi connectivity index (χ0) is 8.97. The van der Waals surface area contributed by atoms with Gasteiger partial charge in [0.25, 0.3) is 0 Å². The van der Waals surface area contributed by atoms with Gasteiger partial charge in [0.15, 0.2) is 0 Å². The number of hydrogen-bond acceptors (Lipinski definition) is 1. The lowest BCUT2D eigenvalue weighted by molar-refractivity contribution is 0.282. The molecule has 0 aliphatic heterocycles. The molecule has 0 radical (unpaired) electrons. The molecule has 0 unspecified atom stereocenters. The first-order valence-corrected chi connectivity index (χ1v) is 4.54. The van der Waals surface area contributed by atoms with Gasteiger partial charge in [0.1, 0.15) is 0 Å². The quantitative estimate of drug-likeness (QED) is 0.766. The predicted molar refractivity (Wildman–Crippen MR) is 51.4 cm³/mol. The molecule has 0 atom stereocenters. The van der Waals surface area contributed by atoms with Crippen molar-refractivity contribution in [3.63, 3.8) is 0 Å². The first kappa shape index (κ1) is 9.56. The molecule has 1 nitrogen and oxygen atoms in total. The van der Waals surface area contributed by atoms with Gasteiger partial charge in [0, 0.05) is 5.02 Å². The lowest BCUT2D eigenvalue weighted by atomic mass is 10.1. The van der Waals surface area contributed by atoms with E-state index in [-0.39, 0.29) is 6.61 Å². The van der Waals surface area contributed by atoms with Crippen LogP contribution in [0.3, 0.4) is 0 Å². The Morgan fingerprint density at radius 1 is 1.42 bits per heavy atom. The smallest absolute Gasteiger partial charge is 0.0696 e. The van der Waals surface area contributed by atoms with E-state index in [9.17, 15) is 0 Å². The van der Waals surface area contributed by atoms with Gasteiger partial charge in [0.05, 0.1) is 6.61 Å². The van der Waals surface area contributed by atoms with Gasteiger partial charge in [-0.2, -0.15) is 0 Å². The highest BCUT2D eigenvalue weighted by Crippen LogP contribution is 2.18. The molecular formula is C10H13ClO. The van der Waals surface area contributed by atoms with Gasteiger partial charge in [-0.1, -0.05) is 37.1 Å². The third-order valence-corrected chi connectivity index (χ3v) is 2.19. The molecule has 2 heteroatoms. The van der Waals surface area contributed by atoms with Crippen molar-refractivity contribution in [3.8, 4) is 0 Å². The van der Waals surface area contributed by atoms with Crippen LogP contribution in [0, 0.1) is 0 Å². The fraction of sp³-hybridized carbons (Fsp3) is 0.400. The summed E-state index contributed by atoms with van der Waals surface area (Å²) in [5.41, 5.74) is 2.06. The van der Waals surface area contributed by atoms with Gasteiger partial charge in [-0.3, -0.25) is 0 Å². The van der Waals surface area contributed by atoms with E-state index in [4.69, 9.17) is 16.7 Å². The fourth-order valence-corrected chi connectivity index (χ4v) is 1.37. The summed E-state index contributed by atoms with van der Waals surface area (Å²) in [6.07, 6.45) is 2.16. The van der Waals surface area contributed by atoms with Gasteiger partial charge in [-0.05, 0) is 23.6 Å². The lowest BCUT2D eigenvalue weighted by Crippen LogP contribution is -1.89. The number of aryl methyl sites for hydroxylation is 1. The summed E-state index contributed by atoms with van der Waals surface area (Å²) in [5, 5.41) is 9.58. The Morgan fingerprint density at radius 3 is 2.75 bits per heavy atom. The summed E-state index contributed by atoms with van der Waals surface area (Å²) in [6, 6.07) is 5.81. The number of benzene rings is 1. The lowest BCUT2D eigenvalue weighted by Gasteiger charge is -2.03. The van der Waals surface area contributed by atoms with Crippen LogP contribution in [-0.4, -0.2) is 5.11 Å². The summed E-state index contributed by atoms with van der Waals surface area (Å²) < 4.78 is 0. The minimum atomic E-state index is 0.0242. The molecule has 0 aliphatic rings. The number of aliphatic hydroxyl groups is 1. The molecule has 1 N–H and O–H groups in total. The third-order valence-electron chi connectivity index (χ3n) is 1.82. The monoisotopic (exact) mass is 184 g/mol. The molecule has 0 saturated carbocycles. The molecule has 0 aromatic heterocycles. The van der Waals surface area contributed by atoms with Crippen LogP contribution in [0.25, 0.3) is 0 Å². The Hall–Kier alpha value is -0.530. The topological polar surface area (TPSA) is 20.2 Å². The summed E-state index contributed by atoms with van der Waals surface area (Å²) >= 11 is 5.84. The maximum atomic E-state index is 8.93. The average molecular weight is 185 g/mol. The summed E-state index contributed by atoms with van der Waals surface area (Å²) in [4.78, 5) is 0. The van der Waals surface area contributed by atoms with E-state index < -0.39 is 0 Å². The van der Waals surface area contributed by atoms with Crippen molar-refractivity contribution >= 4 is 11.6 Å². The van der Waals surface area contributed by atoms with E-state index in [0.29, 0.717) is 5.02 Å². The second-order valence-corrected chi connectivity index (χ2v) is 3.24. The van der Waals surface area contributed by atoms with Crippen molar-refractivity contribution in [2.24, 2.45) is 0 Å². The molecule has 66 valence electrons. The molecule has 0 fully saturated rings. The Morgan fingerprint density at radius 2 is 2.17 bits per heavy atom. The molecular weight excluding hydrogens is 172 g/mol. The molecule has 0 aliphatic carbocycles. The molecule has 1 aromatic carbocycles. The summed E-state index contributed by atoms with van der Waals surface area (Å²) in [5.74, 6) is 0. The first-order valence-electron chi connectivity index (χ1n) is 4.16. The molecule has 0 spiro atoms. The Bertz CT molecular complexity index is 258. The maximum absolute atomic E-state index is 8.93. The highest BCUT2D eigenvalue weighted by Gasteiger charge is 1.99. The third kappa shape index (κ3) is 2.23. The number of rotatable bonds is 3. The minimum absolute atomic E-state index is 0.0242. The van der Waals surface area contributed by atoms with Gasteiger partial charge < -0.3 is 5.11 Å². The van der Waals surface area contributed by atoms with E-state index in [0.717, 1.165) is 18.4 Å². The molecule has 0 saturated heterocycles. The summed E-state index contributed by atoms with van der Waals surface area (Å²) in [6.45, 7) is 2.16. The van der Waals surface area contributed by atoms with Crippen molar-refractivity contribution in [1.29, 1.82) is 0 Å². The Kier molecular flexibility index (Phi) is 3.57. The highest BCUT2D eigenvalue weighted by molar-refractivity contribution is 6.31. The zero-order valence-electron chi connectivity index (χ0n) is 7.18. The Balaban J connectivity index is 2.89. The van der Waals surface area contributed by atoms with Crippen molar-refractivity contribution in [2.75, 3.05) is 0 Å². The number of aliphatic hydroxyl groups excluding tert-OH is 1. The first-order chi connectivity index (χ1) is 5.77. The van der Waals surface area contributed by atoms with Crippen LogP contribution in [0.5, 0.6) is 0 Å². The average Bonchev–Trinajstić information content (AvgIpc) is 2.09. The summed E-state index contributed by atoms with van der Waals surface area (Å²) in [7, 11) is 0. The zero-order valence-corrected chi connectivity index (χ0v) is 7.93. The van der Waals surface area contributed by atoms with Crippen LogP contribution in [0.15, 0.2) is 18.2 Å². The van der Waals surface area contributed by atoms with Gasteiger partial charge in [-0.25, -0.2) is 0 Å².